The first kappa shape index (κ1) is 22.5. The number of nitriles is 1. The Morgan fingerprint density at radius 2 is 1.97 bits per heavy atom. The van der Waals surface area contributed by atoms with Gasteiger partial charge in [-0.1, -0.05) is 43.3 Å². The van der Waals surface area contributed by atoms with Crippen LogP contribution < -0.4 is 0 Å². The summed E-state index contributed by atoms with van der Waals surface area (Å²) in [6.07, 6.45) is 9.47. The van der Waals surface area contributed by atoms with E-state index in [1.54, 1.807) is 0 Å². The fourth-order valence-corrected chi connectivity index (χ4v) is 7.57. The molecule has 0 spiro atoms. The van der Waals surface area contributed by atoms with Crippen molar-refractivity contribution in [3.8, 4) is 17.3 Å². The summed E-state index contributed by atoms with van der Waals surface area (Å²) in [5.41, 5.74) is 4.01. The number of benzene rings is 2. The predicted molar refractivity (Wildman–Crippen MR) is 134 cm³/mol. The minimum Gasteiger partial charge on any atom is -0.392 e. The number of hydrogen-bond donors (Lipinski definition) is 2. The van der Waals surface area contributed by atoms with E-state index >= 15 is 0 Å². The van der Waals surface area contributed by atoms with Crippen molar-refractivity contribution in [2.45, 2.75) is 69.6 Å². The average Bonchev–Trinajstić information content (AvgIpc) is 3.49. The van der Waals surface area contributed by atoms with Crippen molar-refractivity contribution < 1.29 is 10.2 Å². The summed E-state index contributed by atoms with van der Waals surface area (Å²) in [5, 5.41) is 33.0. The third kappa shape index (κ3) is 3.46. The minimum absolute atomic E-state index is 0.0845. The molecule has 180 valence electrons. The molecule has 3 aliphatic rings. The first-order chi connectivity index (χ1) is 17.0. The lowest BCUT2D eigenvalue weighted by Crippen LogP contribution is -2.51. The molecule has 2 aromatic carbocycles. The van der Waals surface area contributed by atoms with E-state index < -0.39 is 11.7 Å². The van der Waals surface area contributed by atoms with E-state index in [1.165, 1.54) is 11.1 Å². The first-order valence-corrected chi connectivity index (χ1v) is 13.0. The molecule has 2 heterocycles. The minimum atomic E-state index is -0.900. The zero-order valence-corrected chi connectivity index (χ0v) is 20.3. The Labute approximate surface area is 207 Å². The summed E-state index contributed by atoms with van der Waals surface area (Å²) < 4.78 is 2.22. The van der Waals surface area contributed by atoms with Gasteiger partial charge >= 0.3 is 0 Å². The van der Waals surface area contributed by atoms with E-state index in [0.29, 0.717) is 17.9 Å². The van der Waals surface area contributed by atoms with Gasteiger partial charge in [0.2, 0.25) is 0 Å². The number of aromatic nitrogens is 2. The summed E-state index contributed by atoms with van der Waals surface area (Å²) in [4.78, 5) is 4.39. The van der Waals surface area contributed by atoms with Crippen LogP contribution in [-0.4, -0.2) is 25.9 Å². The van der Waals surface area contributed by atoms with Crippen LogP contribution in [0.25, 0.3) is 11.3 Å². The Morgan fingerprint density at radius 3 is 2.74 bits per heavy atom. The number of hydrogen-bond acceptors (Lipinski definition) is 4. The zero-order valence-electron chi connectivity index (χ0n) is 20.3. The molecule has 3 aromatic rings. The number of rotatable bonds is 5. The third-order valence-corrected chi connectivity index (χ3v) is 9.54. The van der Waals surface area contributed by atoms with E-state index in [-0.39, 0.29) is 17.4 Å². The Hall–Kier alpha value is -2.94. The molecule has 6 rings (SSSR count). The summed E-state index contributed by atoms with van der Waals surface area (Å²) in [6.45, 7) is 2.20. The maximum atomic E-state index is 12.0. The molecular weight excluding hydrogens is 434 g/mol. The van der Waals surface area contributed by atoms with Crippen LogP contribution in [0.4, 0.5) is 0 Å². The van der Waals surface area contributed by atoms with E-state index in [2.05, 4.69) is 46.8 Å². The number of fused-ring (bicyclic) bond motifs is 5. The number of aliphatic hydroxyl groups is 2. The summed E-state index contributed by atoms with van der Waals surface area (Å²) in [5.74, 6) is 0.638. The van der Waals surface area contributed by atoms with Crippen molar-refractivity contribution in [2.24, 2.45) is 17.3 Å². The van der Waals surface area contributed by atoms with Crippen LogP contribution in [0.1, 0.15) is 74.6 Å². The van der Waals surface area contributed by atoms with Gasteiger partial charge in [0.05, 0.1) is 47.6 Å². The van der Waals surface area contributed by atoms with Crippen molar-refractivity contribution in [1.29, 1.82) is 5.26 Å². The van der Waals surface area contributed by atoms with Crippen molar-refractivity contribution in [3.63, 3.8) is 0 Å². The Morgan fingerprint density at radius 1 is 1.17 bits per heavy atom. The lowest BCUT2D eigenvalue weighted by atomic mass is 9.52. The summed E-state index contributed by atoms with van der Waals surface area (Å²) >= 11 is 0. The molecule has 5 heteroatoms. The lowest BCUT2D eigenvalue weighted by molar-refractivity contribution is -0.142. The smallest absolute Gasteiger partial charge is 0.0991 e. The van der Waals surface area contributed by atoms with Crippen molar-refractivity contribution >= 4 is 0 Å². The molecule has 2 N–H and O–H groups in total. The van der Waals surface area contributed by atoms with Gasteiger partial charge in [-0.25, -0.2) is 4.98 Å². The predicted octanol–water partition coefficient (Wildman–Crippen LogP) is 5.57. The van der Waals surface area contributed by atoms with E-state index in [1.807, 2.05) is 36.8 Å². The number of imidazole rings is 1. The first-order valence-electron chi connectivity index (χ1n) is 13.0. The lowest BCUT2D eigenvalue weighted by Gasteiger charge is -2.55. The van der Waals surface area contributed by atoms with Crippen LogP contribution in [-0.2, 0) is 5.60 Å². The molecule has 0 saturated heterocycles. The van der Waals surface area contributed by atoms with E-state index in [9.17, 15) is 15.5 Å². The molecular formula is C30H33N3O2. The van der Waals surface area contributed by atoms with E-state index in [4.69, 9.17) is 0 Å². The maximum absolute atomic E-state index is 12.0. The molecule has 2 bridgehead atoms. The van der Waals surface area contributed by atoms with Crippen LogP contribution in [0.15, 0.2) is 61.1 Å². The molecule has 6 unspecified atom stereocenters. The molecule has 5 nitrogen and oxygen atoms in total. The highest BCUT2D eigenvalue weighted by Crippen LogP contribution is 2.59. The van der Waals surface area contributed by atoms with Crippen molar-refractivity contribution in [2.75, 3.05) is 0 Å². The second-order valence-electron chi connectivity index (χ2n) is 11.1. The molecule has 1 aromatic heterocycles. The summed E-state index contributed by atoms with van der Waals surface area (Å²) in [7, 11) is 0. The van der Waals surface area contributed by atoms with Gasteiger partial charge in [-0.05, 0) is 85.5 Å². The maximum Gasteiger partial charge on any atom is 0.0991 e. The topological polar surface area (TPSA) is 82.1 Å². The van der Waals surface area contributed by atoms with Gasteiger partial charge in [0.15, 0.2) is 0 Å². The fraction of sp³-hybridized carbons (Fsp3) is 0.467. The Bertz CT molecular complexity index is 1280. The van der Waals surface area contributed by atoms with Gasteiger partial charge in [0.25, 0.3) is 0 Å². The monoisotopic (exact) mass is 467 g/mol. The average molecular weight is 468 g/mol. The highest BCUT2D eigenvalue weighted by Gasteiger charge is 2.54. The second kappa shape index (κ2) is 8.33. The van der Waals surface area contributed by atoms with Crippen LogP contribution >= 0.6 is 0 Å². The van der Waals surface area contributed by atoms with Crippen molar-refractivity contribution in [3.05, 3.63) is 77.7 Å². The van der Waals surface area contributed by atoms with Crippen molar-refractivity contribution in [1.82, 2.24) is 9.55 Å². The molecule has 2 aliphatic carbocycles. The van der Waals surface area contributed by atoms with Gasteiger partial charge in [-0.2, -0.15) is 5.26 Å². The number of aliphatic hydroxyl groups excluding tert-OH is 1. The molecule has 0 radical (unpaired) electrons. The van der Waals surface area contributed by atoms with Crippen LogP contribution in [0.5, 0.6) is 0 Å². The normalized spacial score (nSPS) is 31.9. The zero-order chi connectivity index (χ0) is 24.2. The van der Waals surface area contributed by atoms with Crippen LogP contribution in [0.2, 0.25) is 0 Å². The molecule has 2 fully saturated rings. The Balaban J connectivity index is 1.29. The van der Waals surface area contributed by atoms with Crippen LogP contribution in [0, 0.1) is 28.6 Å². The van der Waals surface area contributed by atoms with E-state index in [0.717, 1.165) is 49.8 Å². The molecule has 1 aliphatic heterocycles. The molecule has 35 heavy (non-hydrogen) atoms. The van der Waals surface area contributed by atoms with Gasteiger partial charge in [0, 0.05) is 5.56 Å². The quantitative estimate of drug-likeness (QED) is 0.514. The second-order valence-corrected chi connectivity index (χ2v) is 11.1. The SMILES string of the molecule is CCC1(C(O)CC2c3ccccc3-c3cncn32)CC2CCC(O)(c3ccc(C#N)cc3)C(C2)C1. The fourth-order valence-electron chi connectivity index (χ4n) is 7.57. The third-order valence-electron chi connectivity index (χ3n) is 9.54. The highest BCUT2D eigenvalue weighted by atomic mass is 16.3. The van der Waals surface area contributed by atoms with Gasteiger partial charge in [-0.15, -0.1) is 0 Å². The van der Waals surface area contributed by atoms with Gasteiger partial charge < -0.3 is 14.8 Å². The Kier molecular flexibility index (Phi) is 5.36. The highest BCUT2D eigenvalue weighted by molar-refractivity contribution is 5.68. The molecule has 2 saturated carbocycles. The van der Waals surface area contributed by atoms with Gasteiger partial charge in [-0.3, -0.25) is 0 Å². The molecule has 0 amide bonds. The summed E-state index contributed by atoms with van der Waals surface area (Å²) in [6, 6.07) is 18.2. The van der Waals surface area contributed by atoms with Gasteiger partial charge in [0.1, 0.15) is 0 Å². The van der Waals surface area contributed by atoms with Crippen LogP contribution in [0.3, 0.4) is 0 Å². The largest absolute Gasteiger partial charge is 0.392 e. The standard InChI is InChI=1S/C30H33N3O2/c1-2-29(28(34)14-26-24-5-3-4-6-25(24)27-18-32-19-33(26)27)15-21-11-12-30(35,23(13-21)16-29)22-9-7-20(17-31)8-10-22/h3-10,18-19,21,23,26,28,34-35H,2,11-16H2,1H3. The number of nitrogens with zero attached hydrogens (tertiary/aromatic N) is 3. The molecule has 6 atom stereocenters.